The van der Waals surface area contributed by atoms with E-state index >= 15 is 0 Å². The van der Waals surface area contributed by atoms with Crippen LogP contribution in [0.4, 0.5) is 9.18 Å². The van der Waals surface area contributed by atoms with Crippen molar-refractivity contribution in [2.75, 3.05) is 13.7 Å². The van der Waals surface area contributed by atoms with Crippen LogP contribution >= 0.6 is 0 Å². The number of aliphatic hydroxyl groups is 1. The second-order valence-electron chi connectivity index (χ2n) is 5.35. The third kappa shape index (κ3) is 5.33. The standard InChI is InChI=1S/C18H21FN2O3/c1-24-12-14-6-4-5-13(9-14)10-20-18(23)21-11-17(22)15-7-2-3-8-16(15)19/h2-9,17,22H,10-12H2,1H3,(H2,20,21,23). The molecule has 0 aliphatic heterocycles. The number of hydrogen-bond acceptors (Lipinski definition) is 3. The van der Waals surface area contributed by atoms with Gasteiger partial charge in [-0.3, -0.25) is 0 Å². The van der Waals surface area contributed by atoms with Gasteiger partial charge in [-0.05, 0) is 17.2 Å². The Bertz CT molecular complexity index is 679. The van der Waals surface area contributed by atoms with Gasteiger partial charge in [0, 0.05) is 25.8 Å². The van der Waals surface area contributed by atoms with E-state index in [1.54, 1.807) is 19.2 Å². The molecule has 2 amide bonds. The number of carbonyl (C=O) groups is 1. The van der Waals surface area contributed by atoms with Crippen molar-refractivity contribution in [2.24, 2.45) is 0 Å². The summed E-state index contributed by atoms with van der Waals surface area (Å²) in [6, 6.07) is 13.2. The van der Waals surface area contributed by atoms with Gasteiger partial charge in [0.15, 0.2) is 0 Å². The Balaban J connectivity index is 1.79. The molecule has 0 aromatic heterocycles. The van der Waals surface area contributed by atoms with Crippen molar-refractivity contribution in [3.8, 4) is 0 Å². The molecule has 1 atom stereocenters. The molecule has 0 heterocycles. The summed E-state index contributed by atoms with van der Waals surface area (Å²) in [5.74, 6) is -0.498. The second kappa shape index (κ2) is 9.00. The molecule has 3 N–H and O–H groups in total. The van der Waals surface area contributed by atoms with Gasteiger partial charge in [-0.2, -0.15) is 0 Å². The average Bonchev–Trinajstić information content (AvgIpc) is 2.59. The maximum Gasteiger partial charge on any atom is 0.315 e. The first kappa shape index (κ1) is 17.9. The summed E-state index contributed by atoms with van der Waals surface area (Å²) in [7, 11) is 1.62. The Hall–Kier alpha value is -2.44. The topological polar surface area (TPSA) is 70.6 Å². The predicted octanol–water partition coefficient (Wildman–Crippen LogP) is 2.50. The van der Waals surface area contributed by atoms with E-state index in [0.717, 1.165) is 11.1 Å². The molecule has 0 spiro atoms. The highest BCUT2D eigenvalue weighted by atomic mass is 19.1. The fraction of sp³-hybridized carbons (Fsp3) is 0.278. The Morgan fingerprint density at radius 1 is 1.17 bits per heavy atom. The number of nitrogens with one attached hydrogen (secondary N) is 2. The largest absolute Gasteiger partial charge is 0.386 e. The van der Waals surface area contributed by atoms with Crippen LogP contribution in [0.3, 0.4) is 0 Å². The molecule has 2 aromatic rings. The highest BCUT2D eigenvalue weighted by Crippen LogP contribution is 2.15. The summed E-state index contributed by atoms with van der Waals surface area (Å²) in [5.41, 5.74) is 2.12. The van der Waals surface area contributed by atoms with Crippen LogP contribution in [0.5, 0.6) is 0 Å². The summed E-state index contributed by atoms with van der Waals surface area (Å²) < 4.78 is 18.6. The van der Waals surface area contributed by atoms with Gasteiger partial charge < -0.3 is 20.5 Å². The van der Waals surface area contributed by atoms with Crippen LogP contribution in [0.1, 0.15) is 22.8 Å². The summed E-state index contributed by atoms with van der Waals surface area (Å²) >= 11 is 0. The molecule has 24 heavy (non-hydrogen) atoms. The van der Waals surface area contributed by atoms with Crippen LogP contribution in [0.2, 0.25) is 0 Å². The SMILES string of the molecule is COCc1cccc(CNC(=O)NCC(O)c2ccccc2F)c1. The molecule has 128 valence electrons. The normalized spacial score (nSPS) is 11.8. The van der Waals surface area contributed by atoms with Crippen LogP contribution < -0.4 is 10.6 Å². The predicted molar refractivity (Wildman–Crippen MR) is 88.8 cm³/mol. The van der Waals surface area contributed by atoms with E-state index in [0.29, 0.717) is 13.2 Å². The van der Waals surface area contributed by atoms with E-state index in [4.69, 9.17) is 4.74 Å². The summed E-state index contributed by atoms with van der Waals surface area (Å²) in [6.07, 6.45) is -1.10. The van der Waals surface area contributed by atoms with Gasteiger partial charge in [0.05, 0.1) is 12.7 Å². The summed E-state index contributed by atoms with van der Waals surface area (Å²) in [6.45, 7) is 0.782. The lowest BCUT2D eigenvalue weighted by atomic mass is 10.1. The van der Waals surface area contributed by atoms with E-state index in [2.05, 4.69) is 10.6 Å². The van der Waals surface area contributed by atoms with Crippen LogP contribution in [0.25, 0.3) is 0 Å². The fourth-order valence-corrected chi connectivity index (χ4v) is 2.29. The second-order valence-corrected chi connectivity index (χ2v) is 5.35. The first-order valence-electron chi connectivity index (χ1n) is 7.61. The number of methoxy groups -OCH3 is 1. The monoisotopic (exact) mass is 332 g/mol. The van der Waals surface area contributed by atoms with E-state index < -0.39 is 18.0 Å². The average molecular weight is 332 g/mol. The molecule has 0 aliphatic rings. The van der Waals surface area contributed by atoms with Crippen LogP contribution in [-0.4, -0.2) is 24.8 Å². The van der Waals surface area contributed by atoms with Crippen molar-refractivity contribution < 1.29 is 19.0 Å². The maximum absolute atomic E-state index is 13.5. The smallest absolute Gasteiger partial charge is 0.315 e. The molecule has 0 saturated carbocycles. The van der Waals surface area contributed by atoms with Crippen molar-refractivity contribution in [2.45, 2.75) is 19.3 Å². The van der Waals surface area contributed by atoms with E-state index in [1.807, 2.05) is 24.3 Å². The lowest BCUT2D eigenvalue weighted by Gasteiger charge is -2.14. The number of ether oxygens (including phenoxy) is 1. The zero-order valence-corrected chi connectivity index (χ0v) is 13.5. The van der Waals surface area contributed by atoms with Gasteiger partial charge in [0.2, 0.25) is 0 Å². The lowest BCUT2D eigenvalue weighted by molar-refractivity contribution is 0.169. The third-order valence-electron chi connectivity index (χ3n) is 3.48. The highest BCUT2D eigenvalue weighted by Gasteiger charge is 2.13. The molecule has 0 bridgehead atoms. The van der Waals surface area contributed by atoms with Crippen molar-refractivity contribution in [1.29, 1.82) is 0 Å². The number of hydrogen-bond donors (Lipinski definition) is 3. The molecule has 6 heteroatoms. The molecule has 0 saturated heterocycles. The van der Waals surface area contributed by atoms with Crippen molar-refractivity contribution >= 4 is 6.03 Å². The lowest BCUT2D eigenvalue weighted by Crippen LogP contribution is -2.37. The molecule has 0 radical (unpaired) electrons. The van der Waals surface area contributed by atoms with Crippen molar-refractivity contribution in [3.63, 3.8) is 0 Å². The first-order valence-corrected chi connectivity index (χ1v) is 7.61. The Morgan fingerprint density at radius 3 is 2.67 bits per heavy atom. The van der Waals surface area contributed by atoms with E-state index in [-0.39, 0.29) is 12.1 Å². The Labute approximate surface area is 140 Å². The van der Waals surface area contributed by atoms with Gasteiger partial charge in [-0.1, -0.05) is 42.5 Å². The molecule has 0 aliphatic carbocycles. The molecule has 2 aromatic carbocycles. The molecular formula is C18H21FN2O3. The number of rotatable bonds is 7. The number of urea groups is 1. The Morgan fingerprint density at radius 2 is 1.92 bits per heavy atom. The zero-order valence-electron chi connectivity index (χ0n) is 13.5. The van der Waals surface area contributed by atoms with Gasteiger partial charge in [-0.25, -0.2) is 9.18 Å². The summed E-state index contributed by atoms with van der Waals surface area (Å²) in [4.78, 5) is 11.8. The quantitative estimate of drug-likeness (QED) is 0.729. The van der Waals surface area contributed by atoms with Gasteiger partial charge in [0.25, 0.3) is 0 Å². The van der Waals surface area contributed by atoms with Crippen LogP contribution in [0, 0.1) is 5.82 Å². The van der Waals surface area contributed by atoms with E-state index in [9.17, 15) is 14.3 Å². The Kier molecular flexibility index (Phi) is 6.72. The number of amides is 2. The molecule has 1 unspecified atom stereocenters. The zero-order chi connectivity index (χ0) is 17.4. The first-order chi connectivity index (χ1) is 11.6. The molecular weight excluding hydrogens is 311 g/mol. The minimum atomic E-state index is -1.10. The third-order valence-corrected chi connectivity index (χ3v) is 3.48. The number of halogens is 1. The minimum Gasteiger partial charge on any atom is -0.386 e. The fourth-order valence-electron chi connectivity index (χ4n) is 2.29. The number of carbonyl (C=O) groups excluding carboxylic acids is 1. The van der Waals surface area contributed by atoms with Gasteiger partial charge >= 0.3 is 6.03 Å². The van der Waals surface area contributed by atoms with E-state index in [1.165, 1.54) is 12.1 Å². The van der Waals surface area contributed by atoms with Crippen LogP contribution in [-0.2, 0) is 17.9 Å². The molecule has 2 rings (SSSR count). The van der Waals surface area contributed by atoms with Crippen molar-refractivity contribution in [1.82, 2.24) is 10.6 Å². The highest BCUT2D eigenvalue weighted by molar-refractivity contribution is 5.73. The van der Waals surface area contributed by atoms with Gasteiger partial charge in [-0.15, -0.1) is 0 Å². The number of aliphatic hydroxyl groups excluding tert-OH is 1. The molecule has 5 nitrogen and oxygen atoms in total. The number of benzene rings is 2. The maximum atomic E-state index is 13.5. The van der Waals surface area contributed by atoms with Crippen LogP contribution in [0.15, 0.2) is 48.5 Å². The van der Waals surface area contributed by atoms with Gasteiger partial charge in [0.1, 0.15) is 5.82 Å². The molecule has 0 fully saturated rings. The summed E-state index contributed by atoms with van der Waals surface area (Å²) in [5, 5.41) is 15.2. The minimum absolute atomic E-state index is 0.0729. The van der Waals surface area contributed by atoms with Crippen molar-refractivity contribution in [3.05, 3.63) is 71.0 Å².